The van der Waals surface area contributed by atoms with Crippen molar-refractivity contribution in [3.05, 3.63) is 35.4 Å². The molecule has 1 aliphatic heterocycles. The number of benzene rings is 1. The second kappa shape index (κ2) is 6.78. The molecular formula is C16H20N2O5. The van der Waals surface area contributed by atoms with Crippen molar-refractivity contribution < 1.29 is 24.2 Å². The van der Waals surface area contributed by atoms with E-state index in [1.54, 1.807) is 45.3 Å². The minimum atomic E-state index is -1.08. The van der Waals surface area contributed by atoms with Gasteiger partial charge in [-0.05, 0) is 31.2 Å². The Morgan fingerprint density at radius 1 is 1.13 bits per heavy atom. The van der Waals surface area contributed by atoms with Gasteiger partial charge in [-0.25, -0.2) is 4.79 Å². The molecule has 2 atom stereocenters. The molecule has 1 heterocycles. The fourth-order valence-corrected chi connectivity index (χ4v) is 2.45. The molecule has 1 fully saturated rings. The number of hydrogen-bond donors (Lipinski definition) is 1. The number of carboxylic acids is 1. The van der Waals surface area contributed by atoms with E-state index < -0.39 is 12.1 Å². The maximum Gasteiger partial charge on any atom is 0.334 e. The van der Waals surface area contributed by atoms with Crippen molar-refractivity contribution in [2.75, 3.05) is 27.2 Å². The van der Waals surface area contributed by atoms with E-state index in [0.717, 1.165) is 0 Å². The van der Waals surface area contributed by atoms with Crippen molar-refractivity contribution in [1.29, 1.82) is 0 Å². The van der Waals surface area contributed by atoms with E-state index in [1.165, 1.54) is 9.80 Å². The zero-order valence-electron chi connectivity index (χ0n) is 13.4. The van der Waals surface area contributed by atoms with Gasteiger partial charge in [-0.15, -0.1) is 0 Å². The van der Waals surface area contributed by atoms with E-state index in [0.29, 0.717) is 17.7 Å². The zero-order valence-corrected chi connectivity index (χ0v) is 13.4. The van der Waals surface area contributed by atoms with Gasteiger partial charge in [0, 0.05) is 31.8 Å². The third-order valence-electron chi connectivity index (χ3n) is 3.61. The minimum Gasteiger partial charge on any atom is -0.479 e. The smallest absolute Gasteiger partial charge is 0.334 e. The van der Waals surface area contributed by atoms with Crippen LogP contribution in [0.3, 0.4) is 0 Å². The van der Waals surface area contributed by atoms with Crippen LogP contribution in [0.15, 0.2) is 24.3 Å². The molecule has 0 bridgehead atoms. The van der Waals surface area contributed by atoms with Crippen molar-refractivity contribution >= 4 is 17.8 Å². The van der Waals surface area contributed by atoms with Gasteiger partial charge in [0.25, 0.3) is 11.8 Å². The Bertz CT molecular complexity index is 611. The lowest BCUT2D eigenvalue weighted by molar-refractivity contribution is -0.160. The van der Waals surface area contributed by atoms with E-state index in [4.69, 9.17) is 9.84 Å². The Balaban J connectivity index is 2.13. The zero-order chi connectivity index (χ0) is 17.1. The van der Waals surface area contributed by atoms with Crippen LogP contribution in [-0.4, -0.2) is 72.1 Å². The van der Waals surface area contributed by atoms with Gasteiger partial charge in [0.15, 0.2) is 6.10 Å². The second-order valence-corrected chi connectivity index (χ2v) is 5.76. The molecule has 0 radical (unpaired) electrons. The Hall–Kier alpha value is -2.41. The lowest BCUT2D eigenvalue weighted by atomic mass is 10.1. The van der Waals surface area contributed by atoms with Crippen molar-refractivity contribution in [1.82, 2.24) is 9.80 Å². The predicted octanol–water partition coefficient (Wildman–Crippen LogP) is 0.702. The molecule has 1 unspecified atom stereocenters. The number of amides is 2. The first-order valence-corrected chi connectivity index (χ1v) is 7.29. The molecule has 7 nitrogen and oxygen atoms in total. The quantitative estimate of drug-likeness (QED) is 0.886. The molecule has 7 heteroatoms. The molecule has 1 aliphatic rings. The monoisotopic (exact) mass is 320 g/mol. The number of ether oxygens (including phenoxy) is 1. The third-order valence-corrected chi connectivity index (χ3v) is 3.61. The molecule has 0 saturated carbocycles. The van der Waals surface area contributed by atoms with Crippen LogP contribution in [0.25, 0.3) is 0 Å². The number of carboxylic acid groups (broad SMARTS) is 1. The summed E-state index contributed by atoms with van der Waals surface area (Å²) >= 11 is 0. The molecule has 1 N–H and O–H groups in total. The van der Waals surface area contributed by atoms with Crippen molar-refractivity contribution in [3.63, 3.8) is 0 Å². The third kappa shape index (κ3) is 3.87. The van der Waals surface area contributed by atoms with Gasteiger partial charge in [0.05, 0.1) is 12.6 Å². The Kier molecular flexibility index (Phi) is 5.00. The largest absolute Gasteiger partial charge is 0.479 e. The summed E-state index contributed by atoms with van der Waals surface area (Å²) < 4.78 is 5.30. The number of carbonyl (C=O) groups is 3. The first-order valence-electron chi connectivity index (χ1n) is 7.29. The molecule has 1 aromatic rings. The molecule has 2 amide bonds. The van der Waals surface area contributed by atoms with Gasteiger partial charge in [-0.1, -0.05) is 0 Å². The van der Waals surface area contributed by atoms with Crippen LogP contribution in [0, 0.1) is 0 Å². The predicted molar refractivity (Wildman–Crippen MR) is 82.3 cm³/mol. The van der Waals surface area contributed by atoms with E-state index in [9.17, 15) is 14.4 Å². The van der Waals surface area contributed by atoms with Crippen LogP contribution < -0.4 is 0 Å². The van der Waals surface area contributed by atoms with Crippen LogP contribution in [-0.2, 0) is 9.53 Å². The first-order chi connectivity index (χ1) is 10.8. The van der Waals surface area contributed by atoms with Gasteiger partial charge in [-0.3, -0.25) is 9.59 Å². The van der Waals surface area contributed by atoms with Gasteiger partial charge < -0.3 is 19.6 Å². The number of nitrogens with zero attached hydrogens (tertiary/aromatic N) is 2. The van der Waals surface area contributed by atoms with E-state index >= 15 is 0 Å². The summed E-state index contributed by atoms with van der Waals surface area (Å²) in [5, 5.41) is 9.07. The Morgan fingerprint density at radius 2 is 1.70 bits per heavy atom. The summed E-state index contributed by atoms with van der Waals surface area (Å²) in [5.41, 5.74) is 0.906. The fraction of sp³-hybridized carbons (Fsp3) is 0.438. The molecule has 1 saturated heterocycles. The summed E-state index contributed by atoms with van der Waals surface area (Å²) in [6.07, 6.45) is -1.36. The molecular weight excluding hydrogens is 300 g/mol. The number of carbonyl (C=O) groups excluding carboxylic acids is 2. The highest BCUT2D eigenvalue weighted by molar-refractivity contribution is 5.97. The van der Waals surface area contributed by atoms with Crippen LogP contribution >= 0.6 is 0 Å². The molecule has 1 aromatic carbocycles. The molecule has 124 valence electrons. The summed E-state index contributed by atoms with van der Waals surface area (Å²) in [5.74, 6) is -1.49. The van der Waals surface area contributed by atoms with Crippen molar-refractivity contribution in [3.8, 4) is 0 Å². The molecule has 2 rings (SSSR count). The van der Waals surface area contributed by atoms with Crippen molar-refractivity contribution in [2.45, 2.75) is 19.1 Å². The number of hydrogen-bond acceptors (Lipinski definition) is 4. The maximum atomic E-state index is 12.5. The SMILES string of the molecule is C[C@@H]1CN(C(=O)c2ccc(C(=O)N(C)C)cc2)CC(C(=O)O)O1. The Labute approximate surface area is 134 Å². The normalized spacial score (nSPS) is 20.9. The summed E-state index contributed by atoms with van der Waals surface area (Å²) in [6, 6.07) is 6.34. The van der Waals surface area contributed by atoms with E-state index in [1.807, 2.05) is 0 Å². The summed E-state index contributed by atoms with van der Waals surface area (Å²) in [6.45, 7) is 2.08. The maximum absolute atomic E-state index is 12.5. The Morgan fingerprint density at radius 3 is 2.22 bits per heavy atom. The molecule has 0 aliphatic carbocycles. The highest BCUT2D eigenvalue weighted by Gasteiger charge is 2.33. The number of rotatable bonds is 3. The van der Waals surface area contributed by atoms with Gasteiger partial charge in [0.1, 0.15) is 0 Å². The average Bonchev–Trinajstić information content (AvgIpc) is 2.52. The van der Waals surface area contributed by atoms with Gasteiger partial charge >= 0.3 is 5.97 Å². The number of aliphatic carboxylic acids is 1. The van der Waals surface area contributed by atoms with E-state index in [2.05, 4.69) is 0 Å². The second-order valence-electron chi connectivity index (χ2n) is 5.76. The van der Waals surface area contributed by atoms with Crippen molar-refractivity contribution in [2.24, 2.45) is 0 Å². The highest BCUT2D eigenvalue weighted by Crippen LogP contribution is 2.16. The summed E-state index contributed by atoms with van der Waals surface area (Å²) in [4.78, 5) is 38.4. The highest BCUT2D eigenvalue weighted by atomic mass is 16.5. The van der Waals surface area contributed by atoms with Crippen LogP contribution in [0.4, 0.5) is 0 Å². The first kappa shape index (κ1) is 17.0. The molecule has 0 spiro atoms. The lowest BCUT2D eigenvalue weighted by Gasteiger charge is -2.35. The summed E-state index contributed by atoms with van der Waals surface area (Å²) in [7, 11) is 3.31. The van der Waals surface area contributed by atoms with Gasteiger partial charge in [-0.2, -0.15) is 0 Å². The molecule has 23 heavy (non-hydrogen) atoms. The fourth-order valence-electron chi connectivity index (χ4n) is 2.45. The number of morpholine rings is 1. The molecule has 0 aromatic heterocycles. The topological polar surface area (TPSA) is 87.2 Å². The van der Waals surface area contributed by atoms with Crippen LogP contribution in [0.2, 0.25) is 0 Å². The standard InChI is InChI=1S/C16H20N2O5/c1-10-8-18(9-13(23-10)16(21)22)15(20)12-6-4-11(5-7-12)14(19)17(2)3/h4-7,10,13H,8-9H2,1-3H3,(H,21,22)/t10-,13?/m1/s1. The van der Waals surface area contributed by atoms with Crippen LogP contribution in [0.5, 0.6) is 0 Å². The minimum absolute atomic E-state index is 0.0108. The van der Waals surface area contributed by atoms with E-state index in [-0.39, 0.29) is 24.5 Å². The van der Waals surface area contributed by atoms with Gasteiger partial charge in [0.2, 0.25) is 0 Å². The van der Waals surface area contributed by atoms with Crippen LogP contribution in [0.1, 0.15) is 27.6 Å². The lowest BCUT2D eigenvalue weighted by Crippen LogP contribution is -2.51. The average molecular weight is 320 g/mol.